The number of ether oxygens (including phenoxy) is 1. The van der Waals surface area contributed by atoms with E-state index in [-0.39, 0.29) is 11.8 Å². The molecule has 4 heteroatoms. The fraction of sp³-hybridized carbons (Fsp3) is 0.929. The van der Waals surface area contributed by atoms with Crippen LogP contribution >= 0.6 is 0 Å². The molecule has 18 heavy (non-hydrogen) atoms. The molecule has 2 unspecified atom stereocenters. The second-order valence-electron chi connectivity index (χ2n) is 5.29. The lowest BCUT2D eigenvalue weighted by Gasteiger charge is -2.26. The highest BCUT2D eigenvalue weighted by molar-refractivity contribution is 5.83. The molecule has 0 amide bonds. The van der Waals surface area contributed by atoms with Gasteiger partial charge in [-0.05, 0) is 25.3 Å². The van der Waals surface area contributed by atoms with Gasteiger partial charge in [0.25, 0.3) is 0 Å². The van der Waals surface area contributed by atoms with Crippen LogP contribution in [-0.2, 0) is 9.53 Å². The molecule has 1 rings (SSSR count). The molecule has 1 saturated heterocycles. The Kier molecular flexibility index (Phi) is 7.47. The van der Waals surface area contributed by atoms with Crippen LogP contribution in [0.1, 0.15) is 39.5 Å². The predicted octanol–water partition coefficient (Wildman–Crippen LogP) is 1.43. The quantitative estimate of drug-likeness (QED) is 0.668. The van der Waals surface area contributed by atoms with Crippen LogP contribution in [0, 0.1) is 5.92 Å². The van der Waals surface area contributed by atoms with Crippen molar-refractivity contribution in [1.82, 2.24) is 4.90 Å². The highest BCUT2D eigenvalue weighted by atomic mass is 16.5. The van der Waals surface area contributed by atoms with Gasteiger partial charge in [0.15, 0.2) is 0 Å². The molecule has 106 valence electrons. The summed E-state index contributed by atoms with van der Waals surface area (Å²) in [7, 11) is 0. The Morgan fingerprint density at radius 1 is 1.33 bits per heavy atom. The van der Waals surface area contributed by atoms with Crippen molar-refractivity contribution in [3.63, 3.8) is 0 Å². The number of nitrogens with zero attached hydrogens (tertiary/aromatic N) is 1. The molecule has 2 atom stereocenters. The van der Waals surface area contributed by atoms with Crippen molar-refractivity contribution in [3.8, 4) is 0 Å². The van der Waals surface area contributed by atoms with Crippen LogP contribution in [0.5, 0.6) is 0 Å². The minimum absolute atomic E-state index is 0.228. The highest BCUT2D eigenvalue weighted by Crippen LogP contribution is 2.10. The van der Waals surface area contributed by atoms with Crippen molar-refractivity contribution in [3.05, 3.63) is 0 Å². The van der Waals surface area contributed by atoms with E-state index in [0.717, 1.165) is 52.1 Å². The third-order valence-electron chi connectivity index (χ3n) is 3.88. The summed E-state index contributed by atoms with van der Waals surface area (Å²) in [4.78, 5) is 14.2. The zero-order valence-corrected chi connectivity index (χ0v) is 11.9. The number of nitrogens with two attached hydrogens (primary N) is 1. The van der Waals surface area contributed by atoms with Gasteiger partial charge >= 0.3 is 0 Å². The highest BCUT2D eigenvalue weighted by Gasteiger charge is 2.18. The topological polar surface area (TPSA) is 55.6 Å². The fourth-order valence-corrected chi connectivity index (χ4v) is 2.20. The van der Waals surface area contributed by atoms with Gasteiger partial charge in [-0.3, -0.25) is 9.69 Å². The number of hydrogen-bond acceptors (Lipinski definition) is 4. The zero-order valence-electron chi connectivity index (χ0n) is 11.9. The maximum absolute atomic E-state index is 11.8. The van der Waals surface area contributed by atoms with Gasteiger partial charge < -0.3 is 10.5 Å². The molecule has 0 aromatic rings. The summed E-state index contributed by atoms with van der Waals surface area (Å²) in [5.41, 5.74) is 5.92. The number of unbranched alkanes of at least 4 members (excludes halogenated alkanes) is 1. The number of rotatable bonds is 8. The molecule has 0 bridgehead atoms. The largest absolute Gasteiger partial charge is 0.379 e. The number of morpholine rings is 1. The van der Waals surface area contributed by atoms with E-state index in [9.17, 15) is 4.79 Å². The number of carbonyl (C=O) groups excluding carboxylic acids is 1. The van der Waals surface area contributed by atoms with Gasteiger partial charge in [-0.2, -0.15) is 0 Å². The summed E-state index contributed by atoms with van der Waals surface area (Å²) in [6.45, 7) is 8.96. The molecule has 0 radical (unpaired) electrons. The number of hydrogen-bond donors (Lipinski definition) is 1. The van der Waals surface area contributed by atoms with Crippen molar-refractivity contribution in [2.75, 3.05) is 32.8 Å². The van der Waals surface area contributed by atoms with E-state index < -0.39 is 0 Å². The summed E-state index contributed by atoms with van der Waals surface area (Å²) >= 11 is 0. The van der Waals surface area contributed by atoms with Crippen LogP contribution in [0.2, 0.25) is 0 Å². The minimum Gasteiger partial charge on any atom is -0.379 e. The van der Waals surface area contributed by atoms with Crippen molar-refractivity contribution in [2.45, 2.75) is 45.6 Å². The van der Waals surface area contributed by atoms with E-state index in [0.29, 0.717) is 12.3 Å². The Balaban J connectivity index is 2.07. The molecular formula is C14H28N2O2. The lowest BCUT2D eigenvalue weighted by molar-refractivity contribution is -0.121. The summed E-state index contributed by atoms with van der Waals surface area (Å²) in [5.74, 6) is 0.531. The van der Waals surface area contributed by atoms with Crippen molar-refractivity contribution < 1.29 is 9.53 Å². The second kappa shape index (κ2) is 8.62. The molecule has 1 fully saturated rings. The molecule has 1 aliphatic rings. The Labute approximate surface area is 111 Å². The molecule has 1 aliphatic heterocycles. The first kappa shape index (κ1) is 15.6. The van der Waals surface area contributed by atoms with Crippen LogP contribution in [0.3, 0.4) is 0 Å². The summed E-state index contributed by atoms with van der Waals surface area (Å²) < 4.78 is 5.30. The van der Waals surface area contributed by atoms with Crippen LogP contribution in [0.4, 0.5) is 0 Å². The number of ketones is 1. The SMILES string of the molecule is CCC(C)C(N)C(=O)CCCCN1CCOCC1. The van der Waals surface area contributed by atoms with E-state index >= 15 is 0 Å². The standard InChI is InChI=1S/C14H28N2O2/c1-3-12(2)14(15)13(17)6-4-5-7-16-8-10-18-11-9-16/h12,14H,3-11,15H2,1-2H3. The normalized spacial score (nSPS) is 20.6. The molecule has 2 N–H and O–H groups in total. The predicted molar refractivity (Wildman–Crippen MR) is 73.5 cm³/mol. The maximum atomic E-state index is 11.8. The van der Waals surface area contributed by atoms with Crippen molar-refractivity contribution in [1.29, 1.82) is 0 Å². The smallest absolute Gasteiger partial charge is 0.149 e. The Hall–Kier alpha value is -0.450. The van der Waals surface area contributed by atoms with E-state index in [1.165, 1.54) is 0 Å². The average Bonchev–Trinajstić information content (AvgIpc) is 2.42. The lowest BCUT2D eigenvalue weighted by Crippen LogP contribution is -2.37. The third kappa shape index (κ3) is 5.46. The molecule has 0 saturated carbocycles. The van der Waals surface area contributed by atoms with Crippen LogP contribution in [0.15, 0.2) is 0 Å². The summed E-state index contributed by atoms with van der Waals surface area (Å²) in [6, 6.07) is -0.265. The Morgan fingerprint density at radius 2 is 2.00 bits per heavy atom. The monoisotopic (exact) mass is 256 g/mol. The van der Waals surface area contributed by atoms with Gasteiger partial charge in [0.1, 0.15) is 5.78 Å². The summed E-state index contributed by atoms with van der Waals surface area (Å²) in [5, 5.41) is 0. The molecule has 0 aromatic heterocycles. The van der Waals surface area contributed by atoms with Gasteiger partial charge in [-0.15, -0.1) is 0 Å². The van der Waals surface area contributed by atoms with Gasteiger partial charge in [-0.1, -0.05) is 20.3 Å². The van der Waals surface area contributed by atoms with E-state index in [1.807, 2.05) is 0 Å². The Bertz CT molecular complexity index is 240. The van der Waals surface area contributed by atoms with Gasteiger partial charge in [-0.25, -0.2) is 0 Å². The average molecular weight is 256 g/mol. The molecule has 0 aromatic carbocycles. The van der Waals surface area contributed by atoms with E-state index in [1.54, 1.807) is 0 Å². The number of carbonyl (C=O) groups is 1. The molecule has 4 nitrogen and oxygen atoms in total. The first-order chi connectivity index (χ1) is 8.65. The lowest BCUT2D eigenvalue weighted by atomic mass is 9.94. The van der Waals surface area contributed by atoms with Gasteiger partial charge in [0.2, 0.25) is 0 Å². The molecule has 1 heterocycles. The van der Waals surface area contributed by atoms with Gasteiger partial charge in [0, 0.05) is 19.5 Å². The molecule has 0 spiro atoms. The molecular weight excluding hydrogens is 228 g/mol. The molecule has 0 aliphatic carbocycles. The zero-order chi connectivity index (χ0) is 13.4. The van der Waals surface area contributed by atoms with Crippen LogP contribution in [-0.4, -0.2) is 49.6 Å². The van der Waals surface area contributed by atoms with E-state index in [2.05, 4.69) is 18.7 Å². The van der Waals surface area contributed by atoms with Crippen LogP contribution in [0.25, 0.3) is 0 Å². The fourth-order valence-electron chi connectivity index (χ4n) is 2.20. The van der Waals surface area contributed by atoms with Crippen molar-refractivity contribution >= 4 is 5.78 Å². The van der Waals surface area contributed by atoms with Crippen molar-refractivity contribution in [2.24, 2.45) is 11.7 Å². The second-order valence-corrected chi connectivity index (χ2v) is 5.29. The minimum atomic E-state index is -0.265. The first-order valence-corrected chi connectivity index (χ1v) is 7.23. The number of Topliss-reactive ketones (excluding diaryl/α,β-unsaturated/α-hetero) is 1. The third-order valence-corrected chi connectivity index (χ3v) is 3.88. The van der Waals surface area contributed by atoms with Crippen LogP contribution < -0.4 is 5.73 Å². The summed E-state index contributed by atoms with van der Waals surface area (Å²) in [6.07, 6.45) is 3.65. The maximum Gasteiger partial charge on any atom is 0.149 e. The van der Waals surface area contributed by atoms with Gasteiger partial charge in [0.05, 0.1) is 19.3 Å². The van der Waals surface area contributed by atoms with E-state index in [4.69, 9.17) is 10.5 Å². The Morgan fingerprint density at radius 3 is 2.61 bits per heavy atom. The first-order valence-electron chi connectivity index (χ1n) is 7.23.